The number of pyridine rings is 1. The van der Waals surface area contributed by atoms with Gasteiger partial charge < -0.3 is 4.90 Å². The van der Waals surface area contributed by atoms with Crippen LogP contribution in [0.1, 0.15) is 23.9 Å². The second-order valence-electron chi connectivity index (χ2n) is 6.55. The molecule has 7 nitrogen and oxygen atoms in total. The van der Waals surface area contributed by atoms with Gasteiger partial charge in [-0.1, -0.05) is 17.7 Å². The molecule has 1 amide bonds. The second-order valence-corrected chi connectivity index (χ2v) is 6.93. The van der Waals surface area contributed by atoms with E-state index in [1.165, 1.54) is 9.25 Å². The number of carbonyl (C=O) groups is 1. The van der Waals surface area contributed by atoms with Crippen molar-refractivity contribution >= 4 is 17.5 Å². The Kier molecular flexibility index (Phi) is 4.26. The van der Waals surface area contributed by atoms with Crippen molar-refractivity contribution in [1.82, 2.24) is 24.2 Å². The Hall–Kier alpha value is -2.29. The van der Waals surface area contributed by atoms with E-state index in [-0.39, 0.29) is 19.6 Å². The average molecular weight is 384 g/mol. The second kappa shape index (κ2) is 6.46. The highest BCUT2D eigenvalue weighted by molar-refractivity contribution is 6.29. The van der Waals surface area contributed by atoms with Gasteiger partial charge in [-0.2, -0.15) is 5.10 Å². The van der Waals surface area contributed by atoms with Gasteiger partial charge in [-0.3, -0.25) is 9.36 Å². The molecule has 0 saturated carbocycles. The van der Waals surface area contributed by atoms with Gasteiger partial charge in [0.25, 0.3) is 0 Å². The third kappa shape index (κ3) is 2.90. The molecule has 0 spiro atoms. The number of rotatable bonds is 3. The molecule has 0 N–H and O–H groups in total. The first kappa shape index (κ1) is 17.1. The molecule has 4 rings (SSSR count). The van der Waals surface area contributed by atoms with Crippen LogP contribution >= 0.6 is 11.6 Å². The van der Waals surface area contributed by atoms with Gasteiger partial charge in [0.1, 0.15) is 17.0 Å². The molecule has 0 aliphatic carbocycles. The van der Waals surface area contributed by atoms with E-state index < -0.39 is 30.0 Å². The summed E-state index contributed by atoms with van der Waals surface area (Å²) in [5.41, 5.74) is 0.329. The summed E-state index contributed by atoms with van der Waals surface area (Å²) in [6, 6.07) is 2.60. The number of likely N-dealkylation sites (tertiary alicyclic amines) is 1. The van der Waals surface area contributed by atoms with E-state index in [0.717, 1.165) is 10.5 Å². The Labute approximate surface area is 152 Å². The zero-order chi connectivity index (χ0) is 18.4. The average Bonchev–Trinajstić information content (AvgIpc) is 3.26. The van der Waals surface area contributed by atoms with Crippen molar-refractivity contribution in [2.45, 2.75) is 37.8 Å². The first-order valence-electron chi connectivity index (χ1n) is 8.29. The molecular weight excluding hydrogens is 368 g/mol. The molecule has 3 unspecified atom stereocenters. The summed E-state index contributed by atoms with van der Waals surface area (Å²) in [7, 11) is 0. The van der Waals surface area contributed by atoms with Crippen LogP contribution in [0.3, 0.4) is 0 Å². The van der Waals surface area contributed by atoms with Gasteiger partial charge in [-0.15, -0.1) is 0 Å². The minimum Gasteiger partial charge on any atom is -0.335 e. The van der Waals surface area contributed by atoms with Crippen LogP contribution in [0.4, 0.5) is 8.78 Å². The van der Waals surface area contributed by atoms with E-state index >= 15 is 0 Å². The number of aryl methyl sites for hydroxylation is 1. The van der Waals surface area contributed by atoms with Crippen molar-refractivity contribution in [3.63, 3.8) is 0 Å². The van der Waals surface area contributed by atoms with Crippen LogP contribution in [0.5, 0.6) is 0 Å². The van der Waals surface area contributed by atoms with Crippen molar-refractivity contribution < 1.29 is 13.6 Å². The molecule has 4 heterocycles. The van der Waals surface area contributed by atoms with Gasteiger partial charge in [0, 0.05) is 12.6 Å². The number of amides is 1. The van der Waals surface area contributed by atoms with E-state index in [9.17, 15) is 18.4 Å². The van der Waals surface area contributed by atoms with E-state index in [1.807, 2.05) is 0 Å². The van der Waals surface area contributed by atoms with Crippen molar-refractivity contribution in [2.75, 3.05) is 13.1 Å². The van der Waals surface area contributed by atoms with Crippen LogP contribution in [-0.2, 0) is 17.8 Å². The van der Waals surface area contributed by atoms with E-state index in [1.54, 1.807) is 18.3 Å². The first-order valence-corrected chi connectivity index (χ1v) is 8.67. The highest BCUT2D eigenvalue weighted by atomic mass is 35.5. The summed E-state index contributed by atoms with van der Waals surface area (Å²) in [5.74, 6) is 0.0735. The molecular formula is C16H16ClF2N5O2. The Morgan fingerprint density at radius 3 is 2.65 bits per heavy atom. The molecule has 0 radical (unpaired) electrons. The molecule has 2 aromatic heterocycles. The van der Waals surface area contributed by atoms with Gasteiger partial charge in [-0.25, -0.2) is 23.2 Å². The summed E-state index contributed by atoms with van der Waals surface area (Å²) in [5, 5.41) is 4.63. The number of aromatic nitrogens is 4. The molecule has 2 aliphatic heterocycles. The van der Waals surface area contributed by atoms with Crippen molar-refractivity contribution in [3.05, 3.63) is 45.4 Å². The zero-order valence-corrected chi connectivity index (χ0v) is 14.4. The standard InChI is InChI=1S/C16H16ClF2N5O2/c17-13-3-1-9(5-20-13)6-23-16(26)24-12(2-4-14(24)21-23)15(25)22-7-10(18)11(19)8-22/h1,3,5,10-12H,2,4,6-8H2. The summed E-state index contributed by atoms with van der Waals surface area (Å²) < 4.78 is 29.4. The molecule has 1 saturated heterocycles. The highest BCUT2D eigenvalue weighted by Gasteiger charge is 2.41. The van der Waals surface area contributed by atoms with Crippen LogP contribution in [-0.4, -0.2) is 55.6 Å². The lowest BCUT2D eigenvalue weighted by Crippen LogP contribution is -2.39. The fourth-order valence-corrected chi connectivity index (χ4v) is 3.58. The summed E-state index contributed by atoms with van der Waals surface area (Å²) >= 11 is 5.75. The quantitative estimate of drug-likeness (QED) is 0.745. The first-order chi connectivity index (χ1) is 12.4. The highest BCUT2D eigenvalue weighted by Crippen LogP contribution is 2.27. The molecule has 26 heavy (non-hydrogen) atoms. The number of nitrogens with zero attached hydrogens (tertiary/aromatic N) is 5. The summed E-state index contributed by atoms with van der Waals surface area (Å²) in [4.78, 5) is 30.4. The third-order valence-electron chi connectivity index (χ3n) is 4.79. The largest absolute Gasteiger partial charge is 0.346 e. The summed E-state index contributed by atoms with van der Waals surface area (Å²) in [6.07, 6.45) is -0.920. The zero-order valence-electron chi connectivity index (χ0n) is 13.7. The molecule has 1 fully saturated rings. The Morgan fingerprint density at radius 2 is 2.00 bits per heavy atom. The number of hydrogen-bond acceptors (Lipinski definition) is 4. The van der Waals surface area contributed by atoms with Gasteiger partial charge in [0.2, 0.25) is 5.91 Å². The Morgan fingerprint density at radius 1 is 1.27 bits per heavy atom. The molecule has 10 heteroatoms. The fourth-order valence-electron chi connectivity index (χ4n) is 3.47. The molecule has 0 aromatic carbocycles. The fraction of sp³-hybridized carbons (Fsp3) is 0.500. The lowest BCUT2D eigenvalue weighted by molar-refractivity contribution is -0.133. The van der Waals surface area contributed by atoms with Crippen LogP contribution in [0.2, 0.25) is 5.15 Å². The lowest BCUT2D eigenvalue weighted by atomic mass is 10.2. The van der Waals surface area contributed by atoms with Gasteiger partial charge in [0.15, 0.2) is 12.3 Å². The van der Waals surface area contributed by atoms with E-state index in [4.69, 9.17) is 11.6 Å². The maximum atomic E-state index is 13.4. The Bertz CT molecular complexity index is 887. The minimum atomic E-state index is -1.67. The van der Waals surface area contributed by atoms with Crippen LogP contribution in [0.25, 0.3) is 0 Å². The van der Waals surface area contributed by atoms with Crippen LogP contribution < -0.4 is 5.69 Å². The Balaban J connectivity index is 1.57. The normalized spacial score (nSPS) is 24.9. The molecule has 2 aliphatic rings. The van der Waals surface area contributed by atoms with Crippen LogP contribution in [0.15, 0.2) is 23.1 Å². The third-order valence-corrected chi connectivity index (χ3v) is 5.02. The number of fused-ring (bicyclic) bond motifs is 1. The molecule has 0 bridgehead atoms. The maximum Gasteiger partial charge on any atom is 0.346 e. The van der Waals surface area contributed by atoms with Gasteiger partial charge in [-0.05, 0) is 18.1 Å². The van der Waals surface area contributed by atoms with Crippen molar-refractivity contribution in [3.8, 4) is 0 Å². The number of alkyl halides is 2. The molecule has 138 valence electrons. The van der Waals surface area contributed by atoms with Gasteiger partial charge >= 0.3 is 5.69 Å². The lowest BCUT2D eigenvalue weighted by Gasteiger charge is -2.20. The SMILES string of the molecule is O=C(C1CCc2nn(Cc3ccc(Cl)nc3)c(=O)n21)N1CC(F)C(F)C1. The molecule has 2 aromatic rings. The van der Waals surface area contributed by atoms with Crippen LogP contribution in [0, 0.1) is 0 Å². The van der Waals surface area contributed by atoms with Crippen molar-refractivity contribution in [1.29, 1.82) is 0 Å². The predicted octanol–water partition coefficient (Wildman–Crippen LogP) is 1.15. The minimum absolute atomic E-state index is 0.201. The van der Waals surface area contributed by atoms with Gasteiger partial charge in [0.05, 0.1) is 19.6 Å². The molecule has 3 atom stereocenters. The monoisotopic (exact) mass is 383 g/mol. The number of hydrogen-bond donors (Lipinski definition) is 0. The smallest absolute Gasteiger partial charge is 0.335 e. The van der Waals surface area contributed by atoms with Crippen molar-refractivity contribution in [2.24, 2.45) is 0 Å². The number of carbonyl (C=O) groups excluding carboxylic acids is 1. The summed E-state index contributed by atoms with van der Waals surface area (Å²) in [6.45, 7) is -0.344. The number of halogens is 3. The van der Waals surface area contributed by atoms with E-state index in [0.29, 0.717) is 23.8 Å². The van der Waals surface area contributed by atoms with E-state index in [2.05, 4.69) is 10.1 Å². The predicted molar refractivity (Wildman–Crippen MR) is 88.6 cm³/mol. The topological polar surface area (TPSA) is 73.0 Å². The maximum absolute atomic E-state index is 13.4.